The third kappa shape index (κ3) is 4.10. The number of carbonyl (C=O) groups is 2. The van der Waals surface area contributed by atoms with Gasteiger partial charge in [0, 0.05) is 42.2 Å². The van der Waals surface area contributed by atoms with E-state index in [1.807, 2.05) is 13.8 Å². The van der Waals surface area contributed by atoms with E-state index in [0.717, 1.165) is 5.56 Å². The van der Waals surface area contributed by atoms with Gasteiger partial charge in [0.15, 0.2) is 5.78 Å². The van der Waals surface area contributed by atoms with Gasteiger partial charge in [-0.2, -0.15) is 18.6 Å². The molecule has 2 aromatic heterocycles. The monoisotopic (exact) mass is 462 g/mol. The molecule has 0 spiro atoms. The Morgan fingerprint density at radius 2 is 1.93 bits per heavy atom. The number of nitrogens with zero attached hydrogens (tertiary/aromatic N) is 4. The summed E-state index contributed by atoms with van der Waals surface area (Å²) in [5.41, 5.74) is 3.09. The number of ketones is 1. The highest BCUT2D eigenvalue weighted by atomic mass is 35.5. The SMILES string of the molecule is Cc1cncc(C(=O)Cc2cnn3c2C(=O)N(c2ccc(Cl)c(Cl)c2)C[C@@H]3C)c1.S. The highest BCUT2D eigenvalue weighted by molar-refractivity contribution is 7.59. The second-order valence-corrected chi connectivity index (χ2v) is 7.99. The van der Waals surface area contributed by atoms with Crippen molar-refractivity contribution in [2.24, 2.45) is 0 Å². The molecule has 0 saturated heterocycles. The molecule has 0 saturated carbocycles. The van der Waals surface area contributed by atoms with Gasteiger partial charge in [0.25, 0.3) is 5.91 Å². The van der Waals surface area contributed by atoms with Crippen molar-refractivity contribution < 1.29 is 9.59 Å². The van der Waals surface area contributed by atoms with Crippen molar-refractivity contribution >= 4 is 54.1 Å². The Bertz CT molecular complexity index is 1130. The van der Waals surface area contributed by atoms with Crippen LogP contribution in [-0.4, -0.2) is 33.0 Å². The molecule has 1 atom stereocenters. The van der Waals surface area contributed by atoms with Crippen molar-refractivity contribution in [1.82, 2.24) is 14.8 Å². The van der Waals surface area contributed by atoms with E-state index in [-0.39, 0.29) is 37.6 Å². The Morgan fingerprint density at radius 1 is 1.17 bits per heavy atom. The molecule has 1 amide bonds. The Balaban J connectivity index is 0.00000256. The molecule has 0 radical (unpaired) electrons. The van der Waals surface area contributed by atoms with E-state index < -0.39 is 0 Å². The fraction of sp³-hybridized carbons (Fsp3) is 0.238. The van der Waals surface area contributed by atoms with E-state index in [2.05, 4.69) is 10.1 Å². The number of anilines is 1. The molecule has 156 valence electrons. The van der Waals surface area contributed by atoms with Crippen LogP contribution in [0.15, 0.2) is 42.9 Å². The standard InChI is InChI=1S/C21H18Cl2N4O2.H2S/c1-12-5-14(9-24-8-12)19(28)6-15-10-25-27-13(2)11-26(21(29)20(15)27)16-3-4-17(22)18(23)7-16;/h3-5,7-10,13H,6,11H2,1-2H3;1H2/t13-;/m0./s1. The summed E-state index contributed by atoms with van der Waals surface area (Å²) in [5.74, 6) is -0.326. The van der Waals surface area contributed by atoms with Crippen LogP contribution in [-0.2, 0) is 6.42 Å². The van der Waals surface area contributed by atoms with Crippen LogP contribution in [0.25, 0.3) is 0 Å². The second kappa shape index (κ2) is 8.79. The highest BCUT2D eigenvalue weighted by Crippen LogP contribution is 2.32. The first-order valence-corrected chi connectivity index (χ1v) is 9.89. The summed E-state index contributed by atoms with van der Waals surface area (Å²) in [7, 11) is 0. The maximum absolute atomic E-state index is 13.3. The van der Waals surface area contributed by atoms with Crippen molar-refractivity contribution in [2.75, 3.05) is 11.4 Å². The molecule has 1 aliphatic rings. The summed E-state index contributed by atoms with van der Waals surface area (Å²) in [4.78, 5) is 31.7. The predicted octanol–water partition coefficient (Wildman–Crippen LogP) is 4.65. The average molecular weight is 463 g/mol. The number of rotatable bonds is 4. The molecule has 9 heteroatoms. The smallest absolute Gasteiger partial charge is 0.276 e. The summed E-state index contributed by atoms with van der Waals surface area (Å²) in [6, 6.07) is 6.83. The van der Waals surface area contributed by atoms with Gasteiger partial charge in [0.1, 0.15) is 5.69 Å². The zero-order valence-corrected chi connectivity index (χ0v) is 18.9. The van der Waals surface area contributed by atoms with Crippen LogP contribution in [0.5, 0.6) is 0 Å². The van der Waals surface area contributed by atoms with Crippen molar-refractivity contribution in [2.45, 2.75) is 26.3 Å². The quantitative estimate of drug-likeness (QED) is 0.529. The van der Waals surface area contributed by atoms with E-state index in [0.29, 0.717) is 39.1 Å². The van der Waals surface area contributed by atoms with Crippen molar-refractivity contribution in [3.8, 4) is 0 Å². The number of hydrogen-bond donors (Lipinski definition) is 0. The summed E-state index contributed by atoms with van der Waals surface area (Å²) >= 11 is 12.1. The molecule has 0 unspecified atom stereocenters. The molecule has 30 heavy (non-hydrogen) atoms. The van der Waals surface area contributed by atoms with Crippen LogP contribution < -0.4 is 4.90 Å². The number of benzene rings is 1. The lowest BCUT2D eigenvalue weighted by Gasteiger charge is -2.32. The maximum Gasteiger partial charge on any atom is 0.276 e. The molecule has 1 aromatic carbocycles. The molecule has 0 bridgehead atoms. The Hall–Kier alpha value is -2.35. The summed E-state index contributed by atoms with van der Waals surface area (Å²) in [6.07, 6.45) is 4.91. The first kappa shape index (κ1) is 22.3. The van der Waals surface area contributed by atoms with Crippen LogP contribution in [0, 0.1) is 6.92 Å². The van der Waals surface area contributed by atoms with E-state index in [4.69, 9.17) is 23.2 Å². The van der Waals surface area contributed by atoms with Crippen LogP contribution in [0.1, 0.15) is 44.9 Å². The number of aromatic nitrogens is 3. The fourth-order valence-electron chi connectivity index (χ4n) is 3.51. The largest absolute Gasteiger partial charge is 0.305 e. The maximum atomic E-state index is 13.3. The number of hydrogen-bond acceptors (Lipinski definition) is 4. The van der Waals surface area contributed by atoms with Crippen molar-refractivity contribution in [3.05, 3.63) is 75.3 Å². The molecule has 0 fully saturated rings. The van der Waals surface area contributed by atoms with Crippen LogP contribution in [0.4, 0.5) is 5.69 Å². The molecule has 0 aliphatic carbocycles. The molecule has 1 aliphatic heterocycles. The summed E-state index contributed by atoms with van der Waals surface area (Å²) in [6.45, 7) is 4.30. The lowest BCUT2D eigenvalue weighted by Crippen LogP contribution is -2.43. The predicted molar refractivity (Wildman–Crippen MR) is 122 cm³/mol. The Morgan fingerprint density at radius 3 is 2.63 bits per heavy atom. The van der Waals surface area contributed by atoms with Crippen LogP contribution in [0.2, 0.25) is 10.0 Å². The molecule has 0 N–H and O–H groups in total. The van der Waals surface area contributed by atoms with E-state index in [1.165, 1.54) is 6.20 Å². The van der Waals surface area contributed by atoms with Gasteiger partial charge in [-0.3, -0.25) is 19.3 Å². The van der Waals surface area contributed by atoms with E-state index in [1.54, 1.807) is 46.2 Å². The van der Waals surface area contributed by atoms with Gasteiger partial charge in [-0.15, -0.1) is 0 Å². The van der Waals surface area contributed by atoms with Crippen molar-refractivity contribution in [1.29, 1.82) is 0 Å². The minimum Gasteiger partial charge on any atom is -0.305 e. The van der Waals surface area contributed by atoms with E-state index >= 15 is 0 Å². The number of halogens is 2. The zero-order chi connectivity index (χ0) is 20.7. The van der Waals surface area contributed by atoms with Crippen molar-refractivity contribution in [3.63, 3.8) is 0 Å². The number of Topliss-reactive ketones (excluding diaryl/α,β-unsaturated/α-hetero) is 1. The number of aryl methyl sites for hydroxylation is 1. The van der Waals surface area contributed by atoms with Gasteiger partial charge in [-0.25, -0.2) is 0 Å². The average Bonchev–Trinajstić information content (AvgIpc) is 3.11. The minimum absolute atomic E-state index is 0. The summed E-state index contributed by atoms with van der Waals surface area (Å²) < 4.78 is 1.69. The molecular formula is C21H20Cl2N4O2S. The number of amides is 1. The third-order valence-electron chi connectivity index (χ3n) is 4.95. The van der Waals surface area contributed by atoms with Gasteiger partial charge >= 0.3 is 0 Å². The van der Waals surface area contributed by atoms with Gasteiger partial charge in [-0.05, 0) is 43.7 Å². The Kier molecular flexibility index (Phi) is 6.55. The first-order chi connectivity index (χ1) is 13.8. The molecule has 3 aromatic rings. The van der Waals surface area contributed by atoms with Gasteiger partial charge < -0.3 is 4.90 Å². The first-order valence-electron chi connectivity index (χ1n) is 9.13. The molecular weight excluding hydrogens is 443 g/mol. The van der Waals surface area contributed by atoms with Crippen LogP contribution >= 0.6 is 36.7 Å². The van der Waals surface area contributed by atoms with Gasteiger partial charge in [0.05, 0.1) is 22.3 Å². The normalized spacial score (nSPS) is 15.5. The summed E-state index contributed by atoms with van der Waals surface area (Å²) in [5, 5.41) is 5.17. The third-order valence-corrected chi connectivity index (χ3v) is 5.69. The molecule has 4 rings (SSSR count). The highest BCUT2D eigenvalue weighted by Gasteiger charge is 2.34. The van der Waals surface area contributed by atoms with Gasteiger partial charge in [0.2, 0.25) is 0 Å². The lowest BCUT2D eigenvalue weighted by molar-refractivity contribution is 0.0951. The topological polar surface area (TPSA) is 68.1 Å². The van der Waals surface area contributed by atoms with Gasteiger partial charge in [-0.1, -0.05) is 23.2 Å². The number of pyridine rings is 1. The second-order valence-electron chi connectivity index (χ2n) is 7.18. The Labute approximate surface area is 191 Å². The van der Waals surface area contributed by atoms with E-state index in [9.17, 15) is 9.59 Å². The lowest BCUT2D eigenvalue weighted by atomic mass is 10.0. The zero-order valence-electron chi connectivity index (χ0n) is 16.4. The van der Waals surface area contributed by atoms with Crippen LogP contribution in [0.3, 0.4) is 0 Å². The minimum atomic E-state index is -0.218. The molecule has 6 nitrogen and oxygen atoms in total. The fourth-order valence-corrected chi connectivity index (χ4v) is 3.80. The molecule has 3 heterocycles. The number of fused-ring (bicyclic) bond motifs is 1. The number of carbonyl (C=O) groups excluding carboxylic acids is 2.